The van der Waals surface area contributed by atoms with Gasteiger partial charge >= 0.3 is 0 Å². The zero-order valence-corrected chi connectivity index (χ0v) is 31.1. The van der Waals surface area contributed by atoms with Gasteiger partial charge in [-0.2, -0.15) is 0 Å². The Balaban J connectivity index is 1.26. The van der Waals surface area contributed by atoms with Crippen LogP contribution in [-0.2, 0) is 40.6 Å². The monoisotopic (exact) mass is 738 g/mol. The molecular weight excluding hydrogens is 693 g/mol. The summed E-state index contributed by atoms with van der Waals surface area (Å²) in [6.45, 7) is 5.45. The van der Waals surface area contributed by atoms with Gasteiger partial charge in [0.05, 0.1) is 5.56 Å². The van der Waals surface area contributed by atoms with Crippen LogP contribution in [0.15, 0.2) is 152 Å². The molecule has 0 spiro atoms. The normalized spacial score (nSPS) is 17.8. The molecule has 8 heteroatoms. The van der Waals surface area contributed by atoms with Gasteiger partial charge in [0.2, 0.25) is 0 Å². The molecule has 0 aromatic heterocycles. The first-order valence-electron chi connectivity index (χ1n) is 18.7. The molecule has 3 atom stereocenters. The highest BCUT2D eigenvalue weighted by Gasteiger charge is 2.51. The van der Waals surface area contributed by atoms with Crippen LogP contribution in [0.4, 0.5) is 0 Å². The van der Waals surface area contributed by atoms with Gasteiger partial charge in [-0.05, 0) is 46.9 Å². The lowest BCUT2D eigenvalue weighted by Crippen LogP contribution is -2.33. The van der Waals surface area contributed by atoms with Crippen LogP contribution in [0, 0.1) is 0 Å². The molecule has 6 aromatic carbocycles. The summed E-state index contributed by atoms with van der Waals surface area (Å²) in [5.74, 6) is 0.533. The van der Waals surface area contributed by atoms with E-state index in [9.17, 15) is 5.11 Å². The minimum absolute atomic E-state index is 0.0565. The molecule has 282 valence electrons. The van der Waals surface area contributed by atoms with Crippen LogP contribution in [0.2, 0.25) is 0 Å². The van der Waals surface area contributed by atoms with Crippen LogP contribution in [0.25, 0.3) is 0 Å². The van der Waals surface area contributed by atoms with Crippen LogP contribution in [0.1, 0.15) is 65.9 Å². The summed E-state index contributed by atoms with van der Waals surface area (Å²) in [6, 6.07) is 48.8. The Kier molecular flexibility index (Phi) is 12.3. The first-order chi connectivity index (χ1) is 27.0. The molecule has 0 amide bonds. The summed E-state index contributed by atoms with van der Waals surface area (Å²) in [5, 5.41) is 11.9. The van der Waals surface area contributed by atoms with Crippen molar-refractivity contribution < 1.29 is 38.3 Å². The third-order valence-corrected chi connectivity index (χ3v) is 9.32. The Labute approximate surface area is 322 Å². The molecule has 0 saturated carbocycles. The minimum Gasteiger partial charge on any atom is -0.507 e. The molecule has 1 unspecified atom stereocenters. The maximum atomic E-state index is 11.9. The molecule has 1 saturated heterocycles. The maximum absolute atomic E-state index is 11.9. The Morgan fingerprint density at radius 1 is 0.509 bits per heavy atom. The second kappa shape index (κ2) is 18.0. The van der Waals surface area contributed by atoms with Gasteiger partial charge in [-0.3, -0.25) is 0 Å². The molecule has 1 fully saturated rings. The van der Waals surface area contributed by atoms with E-state index in [4.69, 9.17) is 33.2 Å². The van der Waals surface area contributed by atoms with Gasteiger partial charge in [-0.15, -0.1) is 0 Å². The van der Waals surface area contributed by atoms with Gasteiger partial charge < -0.3 is 38.3 Å². The van der Waals surface area contributed by atoms with Crippen molar-refractivity contribution in [3.05, 3.63) is 185 Å². The lowest BCUT2D eigenvalue weighted by molar-refractivity contribution is -0.342. The molecule has 0 radical (unpaired) electrons. The van der Waals surface area contributed by atoms with Crippen molar-refractivity contribution in [2.45, 2.75) is 64.9 Å². The van der Waals surface area contributed by atoms with Gasteiger partial charge in [-0.25, -0.2) is 0 Å². The molecule has 1 aliphatic rings. The van der Waals surface area contributed by atoms with Crippen LogP contribution in [0.5, 0.6) is 28.7 Å². The Bertz CT molecular complexity index is 2090. The fraction of sp³-hybridized carbons (Fsp3) is 0.234. The minimum atomic E-state index is -1.39. The van der Waals surface area contributed by atoms with Gasteiger partial charge in [0.15, 0.2) is 11.5 Å². The van der Waals surface area contributed by atoms with Gasteiger partial charge in [0, 0.05) is 25.2 Å². The van der Waals surface area contributed by atoms with Crippen LogP contribution < -0.4 is 18.9 Å². The van der Waals surface area contributed by atoms with E-state index in [0.717, 1.165) is 27.8 Å². The van der Waals surface area contributed by atoms with E-state index in [1.165, 1.54) is 0 Å². The van der Waals surface area contributed by atoms with Crippen molar-refractivity contribution in [3.63, 3.8) is 0 Å². The molecule has 0 aliphatic carbocycles. The quantitative estimate of drug-likeness (QED) is 0.0990. The van der Waals surface area contributed by atoms with E-state index in [-0.39, 0.29) is 12.4 Å². The summed E-state index contributed by atoms with van der Waals surface area (Å²) in [6.07, 6.45) is -1.20. The van der Waals surface area contributed by atoms with E-state index in [2.05, 4.69) is 0 Å². The van der Waals surface area contributed by atoms with Gasteiger partial charge in [-0.1, -0.05) is 134 Å². The second-order valence-electron chi connectivity index (χ2n) is 13.2. The molecule has 1 heterocycles. The van der Waals surface area contributed by atoms with E-state index < -0.39 is 18.2 Å². The largest absolute Gasteiger partial charge is 0.507 e. The molecule has 0 bridgehead atoms. The van der Waals surface area contributed by atoms with Crippen molar-refractivity contribution in [2.24, 2.45) is 0 Å². The van der Waals surface area contributed by atoms with Crippen molar-refractivity contribution in [2.75, 3.05) is 6.61 Å². The fourth-order valence-electron chi connectivity index (χ4n) is 6.50. The third kappa shape index (κ3) is 9.48. The van der Waals surface area contributed by atoms with Gasteiger partial charge in [0.1, 0.15) is 55.9 Å². The van der Waals surface area contributed by atoms with E-state index in [0.29, 0.717) is 61.4 Å². The smallest absolute Gasteiger partial charge is 0.283 e. The van der Waals surface area contributed by atoms with E-state index in [1.54, 1.807) is 12.1 Å². The van der Waals surface area contributed by atoms with Crippen LogP contribution >= 0.6 is 0 Å². The van der Waals surface area contributed by atoms with Crippen molar-refractivity contribution in [1.29, 1.82) is 0 Å². The number of hydrogen-bond acceptors (Lipinski definition) is 8. The second-order valence-corrected chi connectivity index (χ2v) is 13.2. The average Bonchev–Trinajstić information content (AvgIpc) is 3.61. The Morgan fingerprint density at radius 2 is 0.982 bits per heavy atom. The first-order valence-corrected chi connectivity index (χ1v) is 18.7. The third-order valence-electron chi connectivity index (χ3n) is 9.32. The maximum Gasteiger partial charge on any atom is 0.283 e. The Morgan fingerprint density at radius 3 is 1.49 bits per heavy atom. The summed E-state index contributed by atoms with van der Waals surface area (Å²) >= 11 is 0. The topological polar surface area (TPSA) is 84.8 Å². The molecular formula is C47H46O8. The van der Waals surface area contributed by atoms with Crippen molar-refractivity contribution >= 4 is 0 Å². The molecule has 1 N–H and O–H groups in total. The van der Waals surface area contributed by atoms with Gasteiger partial charge in [0.25, 0.3) is 5.97 Å². The van der Waals surface area contributed by atoms with Crippen LogP contribution in [0.3, 0.4) is 0 Å². The predicted molar refractivity (Wildman–Crippen MR) is 210 cm³/mol. The Hall–Kier alpha value is -5.80. The number of hydrogen-bond donors (Lipinski definition) is 1. The first kappa shape index (κ1) is 37.5. The summed E-state index contributed by atoms with van der Waals surface area (Å²) < 4.78 is 45.1. The lowest BCUT2D eigenvalue weighted by atomic mass is 9.96. The highest BCUT2D eigenvalue weighted by molar-refractivity contribution is 5.53. The number of rotatable bonds is 17. The molecule has 1 aliphatic heterocycles. The average molecular weight is 739 g/mol. The van der Waals surface area contributed by atoms with Crippen LogP contribution in [-0.4, -0.2) is 17.7 Å². The molecule has 7 rings (SSSR count). The standard InChI is InChI=1S/C47H46O8/c1-3-47(53-4-2)54-45(38-25-26-41(50-31-35-19-11-6-12-20-35)42(27-38)51-32-36-21-13-7-14-22-36)46(55-47)44-40(48)28-39(49-30-34-17-9-5-10-18-34)29-43(44)52-33-37-23-15-8-16-24-37/h5-29,45-46,48H,3-4,30-33H2,1-2H3/t45-,46-,47?/m1/s1. The zero-order valence-electron chi connectivity index (χ0n) is 31.1. The molecule has 6 aromatic rings. The summed E-state index contributed by atoms with van der Waals surface area (Å²) in [4.78, 5) is 0. The SMILES string of the molecule is CCOC1(CC)O[C@H](c2ccc(OCc3ccccc3)c(OCc3ccccc3)c2)[C@@H](c2c(O)cc(OCc3ccccc3)cc2OCc2ccccc2)O1. The van der Waals surface area contributed by atoms with Crippen molar-refractivity contribution in [1.82, 2.24) is 0 Å². The number of ether oxygens (including phenoxy) is 7. The summed E-state index contributed by atoms with van der Waals surface area (Å²) in [5.41, 5.74) is 5.17. The van der Waals surface area contributed by atoms with E-state index >= 15 is 0 Å². The lowest BCUT2D eigenvalue weighted by Gasteiger charge is -2.26. The number of phenolic OH excluding ortho intramolecular Hbond substituents is 1. The molecule has 8 nitrogen and oxygen atoms in total. The number of phenols is 1. The zero-order chi connectivity index (χ0) is 37.9. The highest BCUT2D eigenvalue weighted by atomic mass is 16.9. The predicted octanol–water partition coefficient (Wildman–Crippen LogP) is 10.6. The summed E-state index contributed by atoms with van der Waals surface area (Å²) in [7, 11) is 0. The van der Waals surface area contributed by atoms with Crippen molar-refractivity contribution in [3.8, 4) is 28.7 Å². The van der Waals surface area contributed by atoms with E-state index in [1.807, 2.05) is 153 Å². The number of benzene rings is 6. The number of aromatic hydroxyl groups is 1. The highest BCUT2D eigenvalue weighted by Crippen LogP contribution is 2.54. The fourth-order valence-corrected chi connectivity index (χ4v) is 6.50. The molecule has 55 heavy (non-hydrogen) atoms.